The highest BCUT2D eigenvalue weighted by molar-refractivity contribution is 6.04. The molecule has 20 heavy (non-hydrogen) atoms. The van der Waals surface area contributed by atoms with Crippen LogP contribution in [0.25, 0.3) is 0 Å². The molecular weight excluding hydrogens is 254 g/mol. The molecule has 1 aliphatic carbocycles. The Morgan fingerprint density at radius 1 is 1.35 bits per heavy atom. The van der Waals surface area contributed by atoms with Gasteiger partial charge in [-0.05, 0) is 44.4 Å². The number of hydrogen-bond donors (Lipinski definition) is 1. The second-order valence-electron chi connectivity index (χ2n) is 5.33. The first-order valence-corrected chi connectivity index (χ1v) is 6.74. The van der Waals surface area contributed by atoms with Gasteiger partial charge in [0.15, 0.2) is 0 Å². The van der Waals surface area contributed by atoms with Crippen molar-refractivity contribution in [2.24, 2.45) is 11.0 Å². The van der Waals surface area contributed by atoms with E-state index in [1.54, 1.807) is 12.1 Å². The van der Waals surface area contributed by atoms with E-state index >= 15 is 0 Å². The molecule has 0 aliphatic heterocycles. The Morgan fingerprint density at radius 2 is 2.00 bits per heavy atom. The summed E-state index contributed by atoms with van der Waals surface area (Å²) >= 11 is 0. The highest BCUT2D eigenvalue weighted by atomic mass is 16.6. The van der Waals surface area contributed by atoms with E-state index in [9.17, 15) is 10.1 Å². The normalized spacial score (nSPS) is 20.2. The average Bonchev–Trinajstić information content (AvgIpc) is 2.78. The van der Waals surface area contributed by atoms with E-state index in [1.807, 2.05) is 0 Å². The number of benzene rings is 1. The summed E-state index contributed by atoms with van der Waals surface area (Å²) in [5, 5.41) is 15.1. The van der Waals surface area contributed by atoms with Gasteiger partial charge in [-0.15, -0.1) is 0 Å². The number of hydrazone groups is 1. The second kappa shape index (κ2) is 5.86. The molecule has 0 bridgehead atoms. The molecule has 1 fully saturated rings. The van der Waals surface area contributed by atoms with Crippen molar-refractivity contribution < 1.29 is 4.92 Å². The first-order valence-electron chi connectivity index (χ1n) is 6.74. The van der Waals surface area contributed by atoms with Crippen molar-refractivity contribution in [1.29, 1.82) is 0 Å². The molecule has 106 valence electrons. The SMILES string of the molecule is CC(C)=C1CCC(C)/C1=N\Nc1ccc([N+](=O)[O-])cc1. The fourth-order valence-corrected chi connectivity index (χ4v) is 2.39. The summed E-state index contributed by atoms with van der Waals surface area (Å²) < 4.78 is 0. The van der Waals surface area contributed by atoms with Crippen LogP contribution in [0.3, 0.4) is 0 Å². The number of nitro benzene ring substituents is 1. The molecule has 1 aromatic rings. The third-order valence-corrected chi connectivity index (χ3v) is 3.59. The predicted octanol–water partition coefficient (Wildman–Crippen LogP) is 4.13. The van der Waals surface area contributed by atoms with Gasteiger partial charge < -0.3 is 0 Å². The molecule has 1 aromatic carbocycles. The first kappa shape index (κ1) is 14.2. The van der Waals surface area contributed by atoms with Gasteiger partial charge in [0.2, 0.25) is 0 Å². The monoisotopic (exact) mass is 273 g/mol. The summed E-state index contributed by atoms with van der Waals surface area (Å²) in [4.78, 5) is 10.2. The van der Waals surface area contributed by atoms with E-state index in [1.165, 1.54) is 23.3 Å². The number of anilines is 1. The Balaban J connectivity index is 2.16. The molecule has 0 aromatic heterocycles. The molecule has 1 saturated carbocycles. The van der Waals surface area contributed by atoms with Crippen molar-refractivity contribution in [2.75, 3.05) is 5.43 Å². The van der Waals surface area contributed by atoms with Gasteiger partial charge in [0, 0.05) is 18.1 Å². The number of nitrogens with zero attached hydrogens (tertiary/aromatic N) is 2. The van der Waals surface area contributed by atoms with E-state index in [-0.39, 0.29) is 5.69 Å². The number of hydrogen-bond acceptors (Lipinski definition) is 4. The number of rotatable bonds is 3. The van der Waals surface area contributed by atoms with E-state index < -0.39 is 4.92 Å². The lowest BCUT2D eigenvalue weighted by Crippen LogP contribution is -2.08. The summed E-state index contributed by atoms with van der Waals surface area (Å²) in [7, 11) is 0. The van der Waals surface area contributed by atoms with E-state index in [4.69, 9.17) is 0 Å². The standard InChI is InChI=1S/C15H19N3O2/c1-10(2)14-9-4-11(3)15(14)17-16-12-5-7-13(8-6-12)18(19)20/h5-8,11,16H,4,9H2,1-3H3/b17-15+. The Bertz CT molecular complexity index is 569. The minimum absolute atomic E-state index is 0.0856. The van der Waals surface area contributed by atoms with Gasteiger partial charge in [-0.2, -0.15) is 5.10 Å². The third-order valence-electron chi connectivity index (χ3n) is 3.59. The zero-order valence-electron chi connectivity index (χ0n) is 12.0. The van der Waals surface area contributed by atoms with Crippen LogP contribution in [0.5, 0.6) is 0 Å². The molecule has 1 N–H and O–H groups in total. The first-order chi connectivity index (χ1) is 9.49. The van der Waals surface area contributed by atoms with E-state index in [0.29, 0.717) is 5.92 Å². The van der Waals surface area contributed by atoms with Gasteiger partial charge in [0.05, 0.1) is 16.3 Å². The molecule has 2 rings (SSSR count). The van der Waals surface area contributed by atoms with Gasteiger partial charge in [0.1, 0.15) is 0 Å². The summed E-state index contributed by atoms with van der Waals surface area (Å²) in [6, 6.07) is 6.29. The maximum Gasteiger partial charge on any atom is 0.269 e. The summed E-state index contributed by atoms with van der Waals surface area (Å²) in [6.45, 7) is 6.38. The molecule has 5 nitrogen and oxygen atoms in total. The molecular formula is C15H19N3O2. The minimum atomic E-state index is -0.407. The van der Waals surface area contributed by atoms with Gasteiger partial charge in [-0.1, -0.05) is 12.5 Å². The summed E-state index contributed by atoms with van der Waals surface area (Å²) in [5.41, 5.74) is 7.57. The van der Waals surface area contributed by atoms with Crippen molar-refractivity contribution >= 4 is 17.1 Å². The Hall–Kier alpha value is -2.17. The molecule has 0 spiro atoms. The molecule has 5 heteroatoms. The van der Waals surface area contributed by atoms with Crippen molar-refractivity contribution in [3.05, 3.63) is 45.5 Å². The van der Waals surface area contributed by atoms with Crippen molar-refractivity contribution in [3.63, 3.8) is 0 Å². The number of allylic oxidation sites excluding steroid dienone is 2. The molecule has 0 radical (unpaired) electrons. The molecule has 0 amide bonds. The number of nitrogens with one attached hydrogen (secondary N) is 1. The van der Waals surface area contributed by atoms with Crippen LogP contribution in [-0.2, 0) is 0 Å². The van der Waals surface area contributed by atoms with Crippen molar-refractivity contribution in [3.8, 4) is 0 Å². The topological polar surface area (TPSA) is 67.5 Å². The highest BCUT2D eigenvalue weighted by Gasteiger charge is 2.24. The molecule has 1 atom stereocenters. The fraction of sp³-hybridized carbons (Fsp3) is 0.400. The van der Waals surface area contributed by atoms with Crippen LogP contribution in [0.4, 0.5) is 11.4 Å². The predicted molar refractivity (Wildman–Crippen MR) is 80.9 cm³/mol. The van der Waals surface area contributed by atoms with Crippen molar-refractivity contribution in [1.82, 2.24) is 0 Å². The average molecular weight is 273 g/mol. The van der Waals surface area contributed by atoms with Crippen LogP contribution < -0.4 is 5.43 Å². The lowest BCUT2D eigenvalue weighted by molar-refractivity contribution is -0.384. The fourth-order valence-electron chi connectivity index (χ4n) is 2.39. The Morgan fingerprint density at radius 3 is 2.55 bits per heavy atom. The molecule has 0 saturated heterocycles. The van der Waals surface area contributed by atoms with Gasteiger partial charge >= 0.3 is 0 Å². The third kappa shape index (κ3) is 3.04. The smallest absolute Gasteiger partial charge is 0.269 e. The zero-order chi connectivity index (χ0) is 14.7. The Kier molecular flexibility index (Phi) is 4.17. The van der Waals surface area contributed by atoms with Crippen LogP contribution in [0.15, 0.2) is 40.5 Å². The van der Waals surface area contributed by atoms with Gasteiger partial charge in [-0.25, -0.2) is 0 Å². The quantitative estimate of drug-likeness (QED) is 0.665. The number of nitro groups is 1. The summed E-state index contributed by atoms with van der Waals surface area (Å²) in [6.07, 6.45) is 2.20. The summed E-state index contributed by atoms with van der Waals surface area (Å²) in [5.74, 6) is 0.449. The largest absolute Gasteiger partial charge is 0.278 e. The number of non-ortho nitro benzene ring substituents is 1. The minimum Gasteiger partial charge on any atom is -0.278 e. The van der Waals surface area contributed by atoms with E-state index in [2.05, 4.69) is 31.3 Å². The molecule has 1 aliphatic rings. The van der Waals surface area contributed by atoms with Crippen molar-refractivity contribution in [2.45, 2.75) is 33.6 Å². The van der Waals surface area contributed by atoms with Crippen LogP contribution in [0.2, 0.25) is 0 Å². The van der Waals surface area contributed by atoms with Gasteiger partial charge in [0.25, 0.3) is 5.69 Å². The maximum atomic E-state index is 10.6. The van der Waals surface area contributed by atoms with E-state index in [0.717, 1.165) is 24.2 Å². The second-order valence-corrected chi connectivity index (χ2v) is 5.33. The lowest BCUT2D eigenvalue weighted by Gasteiger charge is -2.08. The van der Waals surface area contributed by atoms with Crippen LogP contribution in [0, 0.1) is 16.0 Å². The van der Waals surface area contributed by atoms with Crippen LogP contribution in [-0.4, -0.2) is 10.6 Å². The van der Waals surface area contributed by atoms with Gasteiger partial charge in [-0.3, -0.25) is 15.5 Å². The maximum absolute atomic E-state index is 10.6. The van der Waals surface area contributed by atoms with Crippen LogP contribution in [0.1, 0.15) is 33.6 Å². The lowest BCUT2D eigenvalue weighted by atomic mass is 10.1. The Labute approximate surface area is 118 Å². The highest BCUT2D eigenvalue weighted by Crippen LogP contribution is 2.30. The molecule has 1 unspecified atom stereocenters. The zero-order valence-corrected chi connectivity index (χ0v) is 12.0. The molecule has 0 heterocycles. The van der Waals surface area contributed by atoms with Crippen LogP contribution >= 0.6 is 0 Å².